The summed E-state index contributed by atoms with van der Waals surface area (Å²) in [4.78, 5) is 13.0. The molecule has 0 unspecified atom stereocenters. The zero-order valence-corrected chi connectivity index (χ0v) is 13.7. The minimum Gasteiger partial charge on any atom is -0.399 e. The number of nitrogen functional groups attached to an aromatic ring is 1. The molecule has 0 aliphatic rings. The molecule has 0 bridgehead atoms. The van der Waals surface area contributed by atoms with Crippen molar-refractivity contribution >= 4 is 28.9 Å². The summed E-state index contributed by atoms with van der Waals surface area (Å²) in [5.41, 5.74) is 8.69. The molecule has 0 aromatic heterocycles. The van der Waals surface area contributed by atoms with Crippen LogP contribution in [0.25, 0.3) is 0 Å². The van der Waals surface area contributed by atoms with Crippen LogP contribution >= 0.6 is 11.6 Å². The molecular weight excluding hydrogens is 320 g/mol. The Morgan fingerprint density at radius 1 is 0.875 bits per heavy atom. The van der Waals surface area contributed by atoms with Gasteiger partial charge in [-0.25, -0.2) is 0 Å². The van der Waals surface area contributed by atoms with Crippen molar-refractivity contribution in [3.63, 3.8) is 0 Å². The summed E-state index contributed by atoms with van der Waals surface area (Å²) in [5, 5.41) is 3.35. The molecule has 3 nitrogen and oxygen atoms in total. The number of nitrogens with two attached hydrogens (primary N) is 1. The van der Waals surface area contributed by atoms with Gasteiger partial charge >= 0.3 is 0 Å². The van der Waals surface area contributed by atoms with Crippen LogP contribution in [0.2, 0.25) is 5.02 Å². The van der Waals surface area contributed by atoms with E-state index in [-0.39, 0.29) is 5.91 Å². The predicted molar refractivity (Wildman–Crippen MR) is 99.2 cm³/mol. The molecule has 0 radical (unpaired) electrons. The second kappa shape index (κ2) is 7.20. The van der Waals surface area contributed by atoms with Gasteiger partial charge in [0.1, 0.15) is 0 Å². The van der Waals surface area contributed by atoms with Crippen LogP contribution in [0.1, 0.15) is 17.0 Å². The lowest BCUT2D eigenvalue weighted by Gasteiger charge is -2.18. The molecule has 4 heteroatoms. The molecule has 1 amide bonds. The SMILES string of the molecule is Nc1ccc(Cl)c(NC(=O)C(c2ccccc2)c2ccccc2)c1. The predicted octanol–water partition coefficient (Wildman–Crippen LogP) is 4.69. The van der Waals surface area contributed by atoms with E-state index in [2.05, 4.69) is 5.32 Å². The van der Waals surface area contributed by atoms with E-state index in [4.69, 9.17) is 17.3 Å². The fraction of sp³-hybridized carbons (Fsp3) is 0.0500. The van der Waals surface area contributed by atoms with Gasteiger partial charge in [-0.1, -0.05) is 72.3 Å². The van der Waals surface area contributed by atoms with Gasteiger partial charge in [0.05, 0.1) is 16.6 Å². The fourth-order valence-electron chi connectivity index (χ4n) is 2.63. The topological polar surface area (TPSA) is 55.1 Å². The second-order valence-corrected chi connectivity index (χ2v) is 5.89. The van der Waals surface area contributed by atoms with Crippen molar-refractivity contribution in [3.8, 4) is 0 Å². The molecule has 0 saturated heterocycles. The van der Waals surface area contributed by atoms with Crippen molar-refractivity contribution in [2.45, 2.75) is 5.92 Å². The third-order valence-corrected chi connectivity index (χ3v) is 4.11. The van der Waals surface area contributed by atoms with Gasteiger partial charge in [-0.3, -0.25) is 4.79 Å². The van der Waals surface area contributed by atoms with E-state index in [9.17, 15) is 4.79 Å². The lowest BCUT2D eigenvalue weighted by molar-refractivity contribution is -0.116. The van der Waals surface area contributed by atoms with Gasteiger partial charge in [-0.05, 0) is 29.3 Å². The van der Waals surface area contributed by atoms with E-state index in [1.165, 1.54) is 0 Å². The number of carbonyl (C=O) groups excluding carboxylic acids is 1. The van der Waals surface area contributed by atoms with Gasteiger partial charge in [0.25, 0.3) is 0 Å². The molecule has 3 rings (SSSR count). The first-order valence-electron chi connectivity index (χ1n) is 7.61. The van der Waals surface area contributed by atoms with Gasteiger partial charge in [-0.2, -0.15) is 0 Å². The highest BCUT2D eigenvalue weighted by atomic mass is 35.5. The minimum atomic E-state index is -0.426. The Bertz CT molecular complexity index is 795. The Labute approximate surface area is 146 Å². The maximum absolute atomic E-state index is 13.0. The van der Waals surface area contributed by atoms with Gasteiger partial charge in [0, 0.05) is 5.69 Å². The molecule has 3 N–H and O–H groups in total. The van der Waals surface area contributed by atoms with Crippen LogP contribution in [0.3, 0.4) is 0 Å². The molecule has 0 aliphatic heterocycles. The van der Waals surface area contributed by atoms with Crippen LogP contribution in [-0.2, 0) is 4.79 Å². The number of rotatable bonds is 4. The number of anilines is 2. The molecule has 0 aliphatic carbocycles. The van der Waals surface area contributed by atoms with Crippen LogP contribution in [0.15, 0.2) is 78.9 Å². The molecule has 0 saturated carbocycles. The average Bonchev–Trinajstić information content (AvgIpc) is 2.60. The van der Waals surface area contributed by atoms with E-state index in [1.807, 2.05) is 60.7 Å². The van der Waals surface area contributed by atoms with Gasteiger partial charge in [0.2, 0.25) is 5.91 Å². The van der Waals surface area contributed by atoms with E-state index in [0.29, 0.717) is 16.4 Å². The summed E-state index contributed by atoms with van der Waals surface area (Å²) in [6.07, 6.45) is 0. The number of carbonyl (C=O) groups is 1. The Hall–Kier alpha value is -2.78. The van der Waals surface area contributed by atoms with Crippen LogP contribution in [-0.4, -0.2) is 5.91 Å². The van der Waals surface area contributed by atoms with Crippen molar-refractivity contribution in [2.75, 3.05) is 11.1 Å². The quantitative estimate of drug-likeness (QED) is 0.679. The van der Waals surface area contributed by atoms with Gasteiger partial charge in [0.15, 0.2) is 0 Å². The zero-order valence-electron chi connectivity index (χ0n) is 12.9. The molecule has 120 valence electrons. The Morgan fingerprint density at radius 2 is 1.42 bits per heavy atom. The summed E-state index contributed by atoms with van der Waals surface area (Å²) in [7, 11) is 0. The van der Waals surface area contributed by atoms with Crippen molar-refractivity contribution in [1.82, 2.24) is 0 Å². The highest BCUT2D eigenvalue weighted by molar-refractivity contribution is 6.33. The molecular formula is C20H17ClN2O. The maximum Gasteiger partial charge on any atom is 0.236 e. The Morgan fingerprint density at radius 3 is 1.96 bits per heavy atom. The normalized spacial score (nSPS) is 10.6. The number of nitrogens with one attached hydrogen (secondary N) is 1. The molecule has 0 atom stereocenters. The number of benzene rings is 3. The minimum absolute atomic E-state index is 0.153. The second-order valence-electron chi connectivity index (χ2n) is 5.48. The van der Waals surface area contributed by atoms with Crippen LogP contribution in [0, 0.1) is 0 Å². The van der Waals surface area contributed by atoms with E-state index < -0.39 is 5.92 Å². The number of hydrogen-bond donors (Lipinski definition) is 2. The van der Waals surface area contributed by atoms with E-state index in [1.54, 1.807) is 18.2 Å². The van der Waals surface area contributed by atoms with Gasteiger partial charge in [-0.15, -0.1) is 0 Å². The lowest BCUT2D eigenvalue weighted by Crippen LogP contribution is -2.22. The third kappa shape index (κ3) is 3.58. The first kappa shape index (κ1) is 16.1. The third-order valence-electron chi connectivity index (χ3n) is 3.78. The van der Waals surface area contributed by atoms with Crippen LogP contribution in [0.4, 0.5) is 11.4 Å². The highest BCUT2D eigenvalue weighted by Gasteiger charge is 2.23. The van der Waals surface area contributed by atoms with Crippen molar-refractivity contribution in [1.29, 1.82) is 0 Å². The summed E-state index contributed by atoms with van der Waals surface area (Å²) in [5.74, 6) is -0.579. The van der Waals surface area contributed by atoms with Crippen molar-refractivity contribution in [3.05, 3.63) is 95.0 Å². The summed E-state index contributed by atoms with van der Waals surface area (Å²) >= 11 is 6.17. The Balaban J connectivity index is 1.97. The van der Waals surface area contributed by atoms with E-state index in [0.717, 1.165) is 11.1 Å². The van der Waals surface area contributed by atoms with Crippen LogP contribution < -0.4 is 11.1 Å². The summed E-state index contributed by atoms with van der Waals surface area (Å²) in [6.45, 7) is 0. The fourth-order valence-corrected chi connectivity index (χ4v) is 2.79. The van der Waals surface area contributed by atoms with Gasteiger partial charge < -0.3 is 11.1 Å². The number of halogens is 1. The summed E-state index contributed by atoms with van der Waals surface area (Å²) < 4.78 is 0. The van der Waals surface area contributed by atoms with Crippen LogP contribution in [0.5, 0.6) is 0 Å². The molecule has 24 heavy (non-hydrogen) atoms. The first-order chi connectivity index (χ1) is 11.6. The smallest absolute Gasteiger partial charge is 0.236 e. The molecule has 3 aromatic carbocycles. The summed E-state index contributed by atoms with van der Waals surface area (Å²) in [6, 6.07) is 24.4. The number of hydrogen-bond acceptors (Lipinski definition) is 2. The molecule has 3 aromatic rings. The standard InChI is InChI=1S/C20H17ClN2O/c21-17-12-11-16(22)13-18(17)23-20(24)19(14-7-3-1-4-8-14)15-9-5-2-6-10-15/h1-13,19H,22H2,(H,23,24). The highest BCUT2D eigenvalue weighted by Crippen LogP contribution is 2.29. The molecule has 0 heterocycles. The lowest BCUT2D eigenvalue weighted by atomic mass is 9.90. The molecule has 0 spiro atoms. The monoisotopic (exact) mass is 336 g/mol. The number of amides is 1. The maximum atomic E-state index is 13.0. The van der Waals surface area contributed by atoms with Crippen molar-refractivity contribution < 1.29 is 4.79 Å². The first-order valence-corrected chi connectivity index (χ1v) is 7.99. The van der Waals surface area contributed by atoms with E-state index >= 15 is 0 Å². The van der Waals surface area contributed by atoms with Crippen molar-refractivity contribution in [2.24, 2.45) is 0 Å². The largest absolute Gasteiger partial charge is 0.399 e. The average molecular weight is 337 g/mol. The zero-order chi connectivity index (χ0) is 16.9. The molecule has 0 fully saturated rings. The Kier molecular flexibility index (Phi) is 4.82.